The molecule has 0 aromatic carbocycles. The summed E-state index contributed by atoms with van der Waals surface area (Å²) in [5.41, 5.74) is 1.23. The number of aryl methyl sites for hydroxylation is 2. The van der Waals surface area contributed by atoms with Gasteiger partial charge in [0.25, 0.3) is 0 Å². The van der Waals surface area contributed by atoms with Crippen molar-refractivity contribution in [1.29, 1.82) is 0 Å². The monoisotopic (exact) mass is 237 g/mol. The summed E-state index contributed by atoms with van der Waals surface area (Å²) < 4.78 is 0. The van der Waals surface area contributed by atoms with Crippen LogP contribution in [0.2, 0.25) is 0 Å². The minimum Gasteiger partial charge on any atom is -0.316 e. The largest absolute Gasteiger partial charge is 0.316 e. The van der Waals surface area contributed by atoms with E-state index in [-0.39, 0.29) is 0 Å². The molecule has 2 unspecified atom stereocenters. The highest BCUT2D eigenvalue weighted by atomic mass is 32.1. The van der Waals surface area contributed by atoms with E-state index in [2.05, 4.69) is 29.0 Å². The number of nitrogens with zero attached hydrogens (tertiary/aromatic N) is 2. The zero-order valence-corrected chi connectivity index (χ0v) is 10.8. The van der Waals surface area contributed by atoms with Gasteiger partial charge in [-0.25, -0.2) is 4.98 Å². The minimum atomic E-state index is 0.898. The van der Waals surface area contributed by atoms with Crippen LogP contribution >= 0.6 is 11.3 Å². The molecule has 0 radical (unpaired) electrons. The molecule has 0 bridgehead atoms. The number of aromatic nitrogens is 1. The van der Waals surface area contributed by atoms with Crippen molar-refractivity contribution in [2.45, 2.75) is 20.4 Å². The first-order chi connectivity index (χ1) is 7.72. The smallest absolute Gasteiger partial charge is 0.0900 e. The molecule has 0 saturated carbocycles. The summed E-state index contributed by atoms with van der Waals surface area (Å²) in [5.74, 6) is 1.80. The molecule has 2 aliphatic heterocycles. The summed E-state index contributed by atoms with van der Waals surface area (Å²) >= 11 is 1.86. The highest BCUT2D eigenvalue weighted by Crippen LogP contribution is 2.29. The Labute approximate surface area is 101 Å². The van der Waals surface area contributed by atoms with E-state index in [1.807, 2.05) is 11.3 Å². The lowest BCUT2D eigenvalue weighted by Gasteiger charge is -2.15. The van der Waals surface area contributed by atoms with Gasteiger partial charge in [0.05, 0.1) is 10.7 Å². The van der Waals surface area contributed by atoms with Gasteiger partial charge in [0, 0.05) is 24.5 Å². The zero-order chi connectivity index (χ0) is 11.1. The summed E-state index contributed by atoms with van der Waals surface area (Å²) in [6.07, 6.45) is 0. The molecule has 0 spiro atoms. The predicted molar refractivity (Wildman–Crippen MR) is 66.7 cm³/mol. The van der Waals surface area contributed by atoms with Crippen molar-refractivity contribution < 1.29 is 0 Å². The van der Waals surface area contributed by atoms with Gasteiger partial charge in [0.15, 0.2) is 0 Å². The van der Waals surface area contributed by atoms with Crippen LogP contribution in [-0.4, -0.2) is 36.1 Å². The van der Waals surface area contributed by atoms with Crippen LogP contribution in [0.4, 0.5) is 0 Å². The van der Waals surface area contributed by atoms with Crippen molar-refractivity contribution in [3.63, 3.8) is 0 Å². The molecule has 16 heavy (non-hydrogen) atoms. The van der Waals surface area contributed by atoms with E-state index in [9.17, 15) is 0 Å². The first-order valence-electron chi connectivity index (χ1n) is 6.08. The van der Waals surface area contributed by atoms with E-state index in [4.69, 9.17) is 0 Å². The summed E-state index contributed by atoms with van der Waals surface area (Å²) in [6, 6.07) is 0. The number of thiazole rings is 1. The zero-order valence-electron chi connectivity index (χ0n) is 9.99. The summed E-state index contributed by atoms with van der Waals surface area (Å²) in [7, 11) is 0. The first-order valence-corrected chi connectivity index (χ1v) is 6.90. The first kappa shape index (κ1) is 10.7. The molecular weight excluding hydrogens is 218 g/mol. The standard InChI is InChI=1S/C12H19N3S/c1-8-12(16-9(2)14-8)7-15-5-10-3-13-4-11(10)6-15/h10-11,13H,3-7H2,1-2H3. The van der Waals surface area contributed by atoms with Crippen LogP contribution in [0.5, 0.6) is 0 Å². The second kappa shape index (κ2) is 4.09. The van der Waals surface area contributed by atoms with E-state index in [0.717, 1.165) is 18.4 Å². The third kappa shape index (κ3) is 1.90. The number of hydrogen-bond donors (Lipinski definition) is 1. The van der Waals surface area contributed by atoms with Gasteiger partial charge in [-0.15, -0.1) is 11.3 Å². The van der Waals surface area contributed by atoms with Crippen LogP contribution in [-0.2, 0) is 6.54 Å². The van der Waals surface area contributed by atoms with Crippen LogP contribution in [0.3, 0.4) is 0 Å². The maximum absolute atomic E-state index is 4.50. The molecule has 2 aliphatic rings. The van der Waals surface area contributed by atoms with Gasteiger partial charge in [-0.05, 0) is 38.8 Å². The molecule has 1 aromatic rings. The Hall–Kier alpha value is -0.450. The van der Waals surface area contributed by atoms with Crippen molar-refractivity contribution >= 4 is 11.3 Å². The number of likely N-dealkylation sites (tertiary alicyclic amines) is 1. The summed E-state index contributed by atoms with van der Waals surface area (Å²) in [5, 5.41) is 4.69. The SMILES string of the molecule is Cc1nc(C)c(CN2CC3CNCC3C2)s1. The van der Waals surface area contributed by atoms with Crippen molar-refractivity contribution in [3.8, 4) is 0 Å². The molecule has 1 N–H and O–H groups in total. The molecule has 1 aromatic heterocycles. The fourth-order valence-electron chi connectivity index (χ4n) is 3.00. The lowest BCUT2D eigenvalue weighted by Crippen LogP contribution is -2.25. The minimum absolute atomic E-state index is 0.898. The Morgan fingerprint density at radius 3 is 2.56 bits per heavy atom. The van der Waals surface area contributed by atoms with Gasteiger partial charge in [0.2, 0.25) is 0 Å². The fourth-order valence-corrected chi connectivity index (χ4v) is 3.98. The molecule has 2 atom stereocenters. The molecule has 3 rings (SSSR count). The maximum Gasteiger partial charge on any atom is 0.0900 e. The highest BCUT2D eigenvalue weighted by molar-refractivity contribution is 7.11. The third-order valence-corrected chi connectivity index (χ3v) is 4.89. The lowest BCUT2D eigenvalue weighted by atomic mass is 10.0. The molecule has 0 aliphatic carbocycles. The summed E-state index contributed by atoms with van der Waals surface area (Å²) in [4.78, 5) is 8.58. The Bertz CT molecular complexity index is 376. The van der Waals surface area contributed by atoms with Gasteiger partial charge in [-0.2, -0.15) is 0 Å². The van der Waals surface area contributed by atoms with Crippen LogP contribution in [0.1, 0.15) is 15.6 Å². The molecule has 0 amide bonds. The molecule has 3 heterocycles. The third-order valence-electron chi connectivity index (χ3n) is 3.83. The molecule has 88 valence electrons. The molecule has 3 nitrogen and oxygen atoms in total. The number of fused-ring (bicyclic) bond motifs is 1. The average Bonchev–Trinajstić information content (AvgIpc) is 2.82. The van der Waals surface area contributed by atoms with Gasteiger partial charge in [-0.3, -0.25) is 4.90 Å². The average molecular weight is 237 g/mol. The van der Waals surface area contributed by atoms with E-state index >= 15 is 0 Å². The van der Waals surface area contributed by atoms with Gasteiger partial charge in [0.1, 0.15) is 0 Å². The van der Waals surface area contributed by atoms with Gasteiger partial charge >= 0.3 is 0 Å². The van der Waals surface area contributed by atoms with Crippen molar-refractivity contribution in [3.05, 3.63) is 15.6 Å². The number of hydrogen-bond acceptors (Lipinski definition) is 4. The van der Waals surface area contributed by atoms with Crippen LogP contribution in [0.15, 0.2) is 0 Å². The quantitative estimate of drug-likeness (QED) is 0.843. The summed E-state index contributed by atoms with van der Waals surface area (Å²) in [6.45, 7) is 10.3. The van der Waals surface area contributed by atoms with Crippen molar-refractivity contribution in [2.24, 2.45) is 11.8 Å². The molecular formula is C12H19N3S. The van der Waals surface area contributed by atoms with Crippen LogP contribution in [0.25, 0.3) is 0 Å². The fraction of sp³-hybridized carbons (Fsp3) is 0.750. The van der Waals surface area contributed by atoms with Crippen LogP contribution < -0.4 is 5.32 Å². The van der Waals surface area contributed by atoms with Crippen LogP contribution in [0, 0.1) is 25.7 Å². The van der Waals surface area contributed by atoms with E-state index < -0.39 is 0 Å². The highest BCUT2D eigenvalue weighted by Gasteiger charge is 2.36. The van der Waals surface area contributed by atoms with E-state index in [0.29, 0.717) is 0 Å². The Morgan fingerprint density at radius 2 is 2.00 bits per heavy atom. The maximum atomic E-state index is 4.50. The number of nitrogens with one attached hydrogen (secondary N) is 1. The van der Waals surface area contributed by atoms with E-state index in [1.54, 1.807) is 0 Å². The van der Waals surface area contributed by atoms with E-state index in [1.165, 1.54) is 41.8 Å². The second-order valence-corrected chi connectivity index (χ2v) is 6.40. The molecule has 4 heteroatoms. The van der Waals surface area contributed by atoms with Gasteiger partial charge in [-0.1, -0.05) is 0 Å². The lowest BCUT2D eigenvalue weighted by molar-refractivity contribution is 0.307. The van der Waals surface area contributed by atoms with Crippen molar-refractivity contribution in [2.75, 3.05) is 26.2 Å². The Morgan fingerprint density at radius 1 is 1.31 bits per heavy atom. The molecule has 2 fully saturated rings. The van der Waals surface area contributed by atoms with Gasteiger partial charge < -0.3 is 5.32 Å². The number of rotatable bonds is 2. The molecule has 2 saturated heterocycles. The second-order valence-electron chi connectivity index (χ2n) is 5.11. The predicted octanol–water partition coefficient (Wildman–Crippen LogP) is 1.41. The Kier molecular flexibility index (Phi) is 2.73. The van der Waals surface area contributed by atoms with Crippen molar-refractivity contribution in [1.82, 2.24) is 15.2 Å². The topological polar surface area (TPSA) is 28.2 Å². The Balaban J connectivity index is 1.66. The normalized spacial score (nSPS) is 29.9.